The predicted molar refractivity (Wildman–Crippen MR) is 93.7 cm³/mol. The first kappa shape index (κ1) is 22.9. The number of aliphatic hydroxyl groups is 1. The van der Waals surface area contributed by atoms with Crippen LogP contribution in [0.1, 0.15) is 65.2 Å². The average molecular weight is 345 g/mol. The van der Waals surface area contributed by atoms with Crippen LogP contribution < -0.4 is 0 Å². The minimum absolute atomic E-state index is 0.159. The maximum Gasteiger partial charge on any atom is 0.307 e. The summed E-state index contributed by atoms with van der Waals surface area (Å²) in [6.45, 7) is 7.11. The molecule has 0 aromatic heterocycles. The second-order valence-electron chi connectivity index (χ2n) is 5.92. The van der Waals surface area contributed by atoms with Crippen LogP contribution in [0.15, 0.2) is 0 Å². The Morgan fingerprint density at radius 2 is 1.29 bits per heavy atom. The first-order valence-electron chi connectivity index (χ1n) is 9.28. The van der Waals surface area contributed by atoms with E-state index >= 15 is 0 Å². The van der Waals surface area contributed by atoms with Gasteiger partial charge in [0.15, 0.2) is 0 Å². The predicted octanol–water partition coefficient (Wildman–Crippen LogP) is 2.53. The molecule has 6 nitrogen and oxygen atoms in total. The fourth-order valence-electron chi connectivity index (χ4n) is 2.09. The quantitative estimate of drug-likeness (QED) is 0.342. The van der Waals surface area contributed by atoms with Crippen molar-refractivity contribution in [3.05, 3.63) is 0 Å². The molecule has 0 amide bonds. The molecule has 0 rings (SSSR count). The van der Waals surface area contributed by atoms with Crippen LogP contribution >= 0.6 is 0 Å². The molecule has 0 bridgehead atoms. The smallest absolute Gasteiger partial charge is 0.307 e. The number of nitrogens with zero attached hydrogens (tertiary/aromatic N) is 1. The van der Waals surface area contributed by atoms with Gasteiger partial charge in [0.1, 0.15) is 0 Å². The van der Waals surface area contributed by atoms with Gasteiger partial charge in [0, 0.05) is 19.7 Å². The van der Waals surface area contributed by atoms with E-state index in [1.807, 2.05) is 0 Å². The first-order valence-corrected chi connectivity index (χ1v) is 9.28. The van der Waals surface area contributed by atoms with Crippen molar-refractivity contribution in [1.82, 2.24) is 4.90 Å². The topological polar surface area (TPSA) is 76.1 Å². The third-order valence-electron chi connectivity index (χ3n) is 3.67. The summed E-state index contributed by atoms with van der Waals surface area (Å²) in [6, 6.07) is 0. The van der Waals surface area contributed by atoms with Crippen molar-refractivity contribution >= 4 is 11.9 Å². The van der Waals surface area contributed by atoms with Crippen molar-refractivity contribution in [3.63, 3.8) is 0 Å². The number of hydrogen-bond donors (Lipinski definition) is 1. The molecule has 0 saturated carbocycles. The maximum absolute atomic E-state index is 11.7. The third kappa shape index (κ3) is 14.5. The van der Waals surface area contributed by atoms with E-state index in [2.05, 4.69) is 18.7 Å². The summed E-state index contributed by atoms with van der Waals surface area (Å²) in [6.07, 6.45) is 5.98. The summed E-state index contributed by atoms with van der Waals surface area (Å²) >= 11 is 0. The second-order valence-corrected chi connectivity index (χ2v) is 5.92. The number of carbonyl (C=O) groups is 2. The number of unbranched alkanes of at least 4 members (excludes halogenated alkanes) is 3. The Hall–Kier alpha value is -1.14. The highest BCUT2D eigenvalue weighted by Gasteiger charge is 2.12. The van der Waals surface area contributed by atoms with E-state index in [4.69, 9.17) is 14.6 Å². The lowest BCUT2D eigenvalue weighted by Gasteiger charge is -2.21. The number of hydrogen-bond acceptors (Lipinski definition) is 6. The summed E-state index contributed by atoms with van der Waals surface area (Å²) in [5.41, 5.74) is 0. The number of aliphatic hydroxyl groups excluding tert-OH is 1. The molecule has 0 aliphatic heterocycles. The molecule has 0 radical (unpaired) electrons. The van der Waals surface area contributed by atoms with Gasteiger partial charge in [-0.05, 0) is 32.2 Å². The van der Waals surface area contributed by atoms with Crippen LogP contribution in [0.2, 0.25) is 0 Å². The highest BCUT2D eigenvalue weighted by Crippen LogP contribution is 2.02. The van der Waals surface area contributed by atoms with E-state index in [9.17, 15) is 9.59 Å². The summed E-state index contributed by atoms with van der Waals surface area (Å²) < 4.78 is 10.3. The van der Waals surface area contributed by atoms with Crippen molar-refractivity contribution in [2.45, 2.75) is 65.2 Å². The van der Waals surface area contributed by atoms with Crippen molar-refractivity contribution in [2.75, 3.05) is 39.5 Å². The van der Waals surface area contributed by atoms with Crippen LogP contribution in [0.3, 0.4) is 0 Å². The molecule has 0 saturated heterocycles. The van der Waals surface area contributed by atoms with Crippen LogP contribution in [0.4, 0.5) is 0 Å². The molecule has 0 fully saturated rings. The zero-order valence-electron chi connectivity index (χ0n) is 15.4. The van der Waals surface area contributed by atoms with Crippen LogP contribution in [0.25, 0.3) is 0 Å². The third-order valence-corrected chi connectivity index (χ3v) is 3.67. The Bertz CT molecular complexity index is 297. The number of rotatable bonds is 16. The molecule has 0 aromatic rings. The van der Waals surface area contributed by atoms with Gasteiger partial charge in [-0.2, -0.15) is 0 Å². The number of ether oxygens (including phenoxy) is 2. The van der Waals surface area contributed by atoms with Gasteiger partial charge in [-0.25, -0.2) is 0 Å². The van der Waals surface area contributed by atoms with Gasteiger partial charge < -0.3 is 19.5 Å². The largest absolute Gasteiger partial charge is 0.466 e. The summed E-state index contributed by atoms with van der Waals surface area (Å²) in [5, 5.41) is 8.89. The average Bonchev–Trinajstić information content (AvgIpc) is 2.57. The summed E-state index contributed by atoms with van der Waals surface area (Å²) in [7, 11) is 0. The molecule has 0 spiro atoms. The van der Waals surface area contributed by atoms with Crippen LogP contribution in [0, 0.1) is 0 Å². The van der Waals surface area contributed by atoms with Gasteiger partial charge in [-0.3, -0.25) is 9.59 Å². The highest BCUT2D eigenvalue weighted by atomic mass is 16.5. The van der Waals surface area contributed by atoms with Crippen molar-refractivity contribution in [3.8, 4) is 0 Å². The van der Waals surface area contributed by atoms with Crippen LogP contribution in [-0.2, 0) is 19.1 Å². The van der Waals surface area contributed by atoms with Gasteiger partial charge >= 0.3 is 11.9 Å². The van der Waals surface area contributed by atoms with Gasteiger partial charge in [-0.15, -0.1) is 0 Å². The monoisotopic (exact) mass is 345 g/mol. The lowest BCUT2D eigenvalue weighted by atomic mass is 10.2. The molecule has 0 aromatic carbocycles. The minimum Gasteiger partial charge on any atom is -0.466 e. The van der Waals surface area contributed by atoms with Gasteiger partial charge in [-0.1, -0.05) is 26.7 Å². The molecule has 24 heavy (non-hydrogen) atoms. The van der Waals surface area contributed by atoms with E-state index in [1.165, 1.54) is 0 Å². The first-order chi connectivity index (χ1) is 11.6. The maximum atomic E-state index is 11.7. The minimum atomic E-state index is -0.193. The standard InChI is InChI=1S/C18H35NO5/c1-3-5-15-23-17(21)9-12-19(11-7-8-14-20)13-10-18(22)24-16-6-4-2/h20H,3-16H2,1-2H3. The molecule has 6 heteroatoms. The van der Waals surface area contributed by atoms with Crippen molar-refractivity contribution < 1.29 is 24.2 Å². The molecule has 142 valence electrons. The Labute approximate surface area is 146 Å². The molecular formula is C18H35NO5. The summed E-state index contributed by atoms with van der Waals surface area (Å²) in [5.74, 6) is -0.387. The van der Waals surface area contributed by atoms with Gasteiger partial charge in [0.05, 0.1) is 26.1 Å². The van der Waals surface area contributed by atoms with E-state index in [0.29, 0.717) is 39.1 Å². The molecule has 1 N–H and O–H groups in total. The van der Waals surface area contributed by atoms with Crippen molar-refractivity contribution in [1.29, 1.82) is 0 Å². The molecular weight excluding hydrogens is 310 g/mol. The lowest BCUT2D eigenvalue weighted by Crippen LogP contribution is -2.31. The zero-order valence-corrected chi connectivity index (χ0v) is 15.4. The van der Waals surface area contributed by atoms with Gasteiger partial charge in [0.2, 0.25) is 0 Å². The Kier molecular flexibility index (Phi) is 15.9. The normalized spacial score (nSPS) is 10.8. The van der Waals surface area contributed by atoms with E-state index in [-0.39, 0.29) is 18.5 Å². The Morgan fingerprint density at radius 3 is 1.71 bits per heavy atom. The van der Waals surface area contributed by atoms with E-state index < -0.39 is 0 Å². The van der Waals surface area contributed by atoms with E-state index in [1.54, 1.807) is 0 Å². The second kappa shape index (κ2) is 16.7. The van der Waals surface area contributed by atoms with Crippen LogP contribution in [0.5, 0.6) is 0 Å². The summed E-state index contributed by atoms with van der Waals surface area (Å²) in [4.78, 5) is 25.4. The molecule has 0 aliphatic rings. The number of esters is 2. The molecule has 0 aliphatic carbocycles. The highest BCUT2D eigenvalue weighted by molar-refractivity contribution is 5.70. The van der Waals surface area contributed by atoms with E-state index in [0.717, 1.165) is 45.1 Å². The molecule has 0 heterocycles. The Balaban J connectivity index is 4.07. The fourth-order valence-corrected chi connectivity index (χ4v) is 2.09. The molecule has 0 unspecified atom stereocenters. The fraction of sp³-hybridized carbons (Fsp3) is 0.889. The molecule has 0 atom stereocenters. The zero-order chi connectivity index (χ0) is 18.0. The van der Waals surface area contributed by atoms with Crippen LogP contribution in [-0.4, -0.2) is 61.4 Å². The SMILES string of the molecule is CCCCOC(=O)CCN(CCCCO)CCC(=O)OCCCC. The van der Waals surface area contributed by atoms with Gasteiger partial charge in [0.25, 0.3) is 0 Å². The van der Waals surface area contributed by atoms with Crippen molar-refractivity contribution in [2.24, 2.45) is 0 Å². The Morgan fingerprint density at radius 1 is 0.792 bits per heavy atom. The number of carbonyl (C=O) groups excluding carboxylic acids is 2. The lowest BCUT2D eigenvalue weighted by molar-refractivity contribution is -0.144.